The number of aromatic amines is 1. The number of para-hydroxylation sites is 1. The summed E-state index contributed by atoms with van der Waals surface area (Å²) in [4.78, 5) is 135. The minimum Gasteiger partial charge on any atom is -0.508 e. The molecule has 2 aromatic carbocycles. The molecular weight excluding hydrogens is 1000 g/mol. The minimum atomic E-state index is -1.64. The highest BCUT2D eigenvalue weighted by atomic mass is 32.1. The smallest absolute Gasteiger partial charge is 0.327 e. The van der Waals surface area contributed by atoms with Crippen LogP contribution in [0.25, 0.3) is 10.9 Å². The van der Waals surface area contributed by atoms with Crippen molar-refractivity contribution in [2.24, 2.45) is 17.4 Å². The van der Waals surface area contributed by atoms with Gasteiger partial charge in [0.1, 0.15) is 48.0 Å². The van der Waals surface area contributed by atoms with Crippen molar-refractivity contribution in [3.8, 4) is 5.75 Å². The highest BCUT2D eigenvalue weighted by molar-refractivity contribution is 7.80. The number of phenols is 1. The van der Waals surface area contributed by atoms with Crippen LogP contribution in [0.3, 0.4) is 0 Å². The molecule has 74 heavy (non-hydrogen) atoms. The predicted octanol–water partition coefficient (Wildman–Crippen LogP) is -0.772. The molecule has 0 aliphatic carbocycles. The monoisotopic (exact) mass is 1070 g/mol. The van der Waals surface area contributed by atoms with E-state index in [1.165, 1.54) is 24.3 Å². The number of phenolic OH excluding ortho intramolecular Hbond substituents is 1. The standard InChI is InChI=1S/C48H68N10O14S2/c1-3-25(2)40(58-45(68)35(54-41(64)30(50)15-17-38(60)61)21-27-22-51-31-9-5-4-8-29(27)31)47(70)53-32(10-6-7-19-49)42(65)56-36(23-73)46(69)52-33(16-18-39(62)63)43(66)55-34(20-26-11-13-28(59)14-12-26)44(67)57-37(24-74)48(71)72/h4-5,8-9,11-14,22,25,30,32-37,40,51,59,73-74H,3,6-7,10,15-21,23-24,49-50H2,1-2H3,(H,52,69)(H,53,70)(H,54,64)(H,55,66)(H,56,65)(H,57,67)(H,58,68)(H,60,61)(H,62,63)(H,71,72)/t25-,30-,32-,33-,34-,35-,36-,37-,40-/m0/s1. The molecule has 1 aromatic heterocycles. The Hall–Kier alpha value is -6.90. The second kappa shape index (κ2) is 31.0. The van der Waals surface area contributed by atoms with Gasteiger partial charge in [0.05, 0.1) is 6.04 Å². The van der Waals surface area contributed by atoms with E-state index in [2.05, 4.69) is 67.5 Å². The first-order valence-corrected chi connectivity index (χ1v) is 25.2. The SMILES string of the molecule is CC[C@H](C)[C@H](NC(=O)[C@H](Cc1c[nH]c2ccccc12)NC(=O)[C@@H](N)CCC(=O)O)C(=O)N[C@@H](CCCCN)C(=O)N[C@@H](CS)C(=O)N[C@@H](CCC(=O)O)C(=O)N[C@@H](Cc1ccc(O)cc1)C(=O)N[C@@H](CS)C(=O)O. The van der Waals surface area contributed by atoms with Crippen LogP contribution in [0.1, 0.15) is 76.3 Å². The van der Waals surface area contributed by atoms with Gasteiger partial charge in [-0.15, -0.1) is 0 Å². The summed E-state index contributed by atoms with van der Waals surface area (Å²) >= 11 is 8.20. The number of thiol groups is 2. The van der Waals surface area contributed by atoms with Gasteiger partial charge in [0.15, 0.2) is 0 Å². The van der Waals surface area contributed by atoms with Crippen molar-refractivity contribution in [2.45, 2.75) is 126 Å². The number of amides is 7. The van der Waals surface area contributed by atoms with Crippen LogP contribution < -0.4 is 48.7 Å². The lowest BCUT2D eigenvalue weighted by Crippen LogP contribution is -2.61. The molecule has 16 N–H and O–H groups in total. The Balaban J connectivity index is 1.87. The summed E-state index contributed by atoms with van der Waals surface area (Å²) in [6.45, 7) is 3.67. The van der Waals surface area contributed by atoms with Crippen molar-refractivity contribution in [1.82, 2.24) is 42.2 Å². The third-order valence-electron chi connectivity index (χ3n) is 12.0. The Kier molecular flexibility index (Phi) is 25.7. The number of hydrogen-bond acceptors (Lipinski definition) is 15. The normalized spacial score (nSPS) is 14.8. The number of H-pyrrole nitrogens is 1. The van der Waals surface area contributed by atoms with Gasteiger partial charge in [0, 0.05) is 54.3 Å². The highest BCUT2D eigenvalue weighted by Crippen LogP contribution is 2.20. The van der Waals surface area contributed by atoms with E-state index in [1.807, 2.05) is 18.2 Å². The van der Waals surface area contributed by atoms with E-state index < -0.39 is 133 Å². The van der Waals surface area contributed by atoms with Crippen LogP contribution in [-0.4, -0.2) is 151 Å². The van der Waals surface area contributed by atoms with Crippen LogP contribution in [0.5, 0.6) is 5.75 Å². The number of carboxylic acids is 3. The van der Waals surface area contributed by atoms with Gasteiger partial charge in [-0.2, -0.15) is 25.3 Å². The minimum absolute atomic E-state index is 0.00554. The second-order valence-electron chi connectivity index (χ2n) is 17.6. The van der Waals surface area contributed by atoms with E-state index >= 15 is 0 Å². The van der Waals surface area contributed by atoms with Crippen molar-refractivity contribution in [3.05, 3.63) is 65.9 Å². The average Bonchev–Trinajstić information content (AvgIpc) is 3.78. The summed E-state index contributed by atoms with van der Waals surface area (Å²) in [6, 6.07) is 1.40. The molecule has 9 atom stereocenters. The highest BCUT2D eigenvalue weighted by Gasteiger charge is 2.36. The number of benzene rings is 2. The zero-order valence-corrected chi connectivity index (χ0v) is 42.8. The van der Waals surface area contributed by atoms with E-state index in [1.54, 1.807) is 26.1 Å². The molecule has 0 fully saturated rings. The summed E-state index contributed by atoms with van der Waals surface area (Å²) in [5, 5.41) is 56.4. The lowest BCUT2D eigenvalue weighted by Gasteiger charge is -2.29. The number of nitrogens with one attached hydrogen (secondary N) is 8. The fourth-order valence-electron chi connectivity index (χ4n) is 7.48. The molecule has 0 radical (unpaired) electrons. The van der Waals surface area contributed by atoms with Gasteiger partial charge in [0.2, 0.25) is 41.4 Å². The predicted molar refractivity (Wildman–Crippen MR) is 277 cm³/mol. The molecule has 0 aliphatic heterocycles. The molecule has 0 bridgehead atoms. The average molecular weight is 1070 g/mol. The van der Waals surface area contributed by atoms with Gasteiger partial charge < -0.3 is 74.1 Å². The Morgan fingerprint density at radius 2 is 1.09 bits per heavy atom. The van der Waals surface area contributed by atoms with Crippen molar-refractivity contribution in [3.63, 3.8) is 0 Å². The van der Waals surface area contributed by atoms with Crippen LogP contribution >= 0.6 is 25.3 Å². The molecule has 0 saturated heterocycles. The van der Waals surface area contributed by atoms with E-state index in [9.17, 15) is 63.3 Å². The summed E-state index contributed by atoms with van der Waals surface area (Å²) in [6.07, 6.45) is 0.647. The van der Waals surface area contributed by atoms with E-state index in [-0.39, 0.29) is 49.5 Å². The number of aromatic hydroxyl groups is 1. The fourth-order valence-corrected chi connectivity index (χ4v) is 7.98. The third kappa shape index (κ3) is 19.8. The van der Waals surface area contributed by atoms with Crippen molar-refractivity contribution < 1.29 is 68.4 Å². The van der Waals surface area contributed by atoms with Crippen LogP contribution in [0, 0.1) is 5.92 Å². The lowest BCUT2D eigenvalue weighted by atomic mass is 9.96. The Bertz CT molecular complexity index is 2430. The Morgan fingerprint density at radius 3 is 1.69 bits per heavy atom. The number of aliphatic carboxylic acids is 3. The molecular formula is C48H68N10O14S2. The number of carbonyl (C=O) groups is 10. The number of aromatic nitrogens is 1. The van der Waals surface area contributed by atoms with Gasteiger partial charge in [-0.1, -0.05) is 50.6 Å². The molecule has 0 unspecified atom stereocenters. The number of hydrogen-bond donors (Lipinski definition) is 16. The summed E-state index contributed by atoms with van der Waals surface area (Å²) < 4.78 is 0. The number of carboxylic acid groups (broad SMARTS) is 3. The van der Waals surface area contributed by atoms with Gasteiger partial charge in [-0.3, -0.25) is 43.2 Å². The molecule has 3 rings (SSSR count). The van der Waals surface area contributed by atoms with E-state index in [0.717, 1.165) is 10.9 Å². The van der Waals surface area contributed by atoms with Gasteiger partial charge >= 0.3 is 17.9 Å². The molecule has 0 aliphatic rings. The first-order valence-electron chi connectivity index (χ1n) is 23.9. The second-order valence-corrected chi connectivity index (χ2v) is 18.4. The first-order chi connectivity index (χ1) is 35.1. The zero-order chi connectivity index (χ0) is 55.1. The largest absolute Gasteiger partial charge is 0.508 e. The zero-order valence-electron chi connectivity index (χ0n) is 41.0. The molecule has 7 amide bonds. The maximum atomic E-state index is 14.3. The molecule has 0 spiro atoms. The third-order valence-corrected chi connectivity index (χ3v) is 12.7. The summed E-state index contributed by atoms with van der Waals surface area (Å²) in [5.41, 5.74) is 13.5. The molecule has 406 valence electrons. The van der Waals surface area contributed by atoms with Gasteiger partial charge in [-0.05, 0) is 73.9 Å². The topological polar surface area (TPSA) is 404 Å². The Morgan fingerprint density at radius 1 is 0.595 bits per heavy atom. The van der Waals surface area contributed by atoms with Gasteiger partial charge in [0.25, 0.3) is 0 Å². The van der Waals surface area contributed by atoms with Crippen molar-refractivity contribution in [2.75, 3.05) is 18.1 Å². The van der Waals surface area contributed by atoms with Crippen LogP contribution in [0.4, 0.5) is 0 Å². The number of rotatable bonds is 33. The van der Waals surface area contributed by atoms with Crippen LogP contribution in [0.2, 0.25) is 0 Å². The Labute approximate surface area is 437 Å². The number of carbonyl (C=O) groups excluding carboxylic acids is 7. The van der Waals surface area contributed by atoms with Crippen LogP contribution in [-0.2, 0) is 60.8 Å². The molecule has 24 nitrogen and oxygen atoms in total. The first kappa shape index (κ1) is 61.4. The quantitative estimate of drug-likeness (QED) is 0.0263. The number of fused-ring (bicyclic) bond motifs is 1. The molecule has 0 saturated carbocycles. The van der Waals surface area contributed by atoms with E-state index in [0.29, 0.717) is 30.4 Å². The lowest BCUT2D eigenvalue weighted by molar-refractivity contribution is -0.141. The molecule has 26 heteroatoms. The van der Waals surface area contributed by atoms with Crippen molar-refractivity contribution in [1.29, 1.82) is 0 Å². The molecule has 1 heterocycles. The number of nitrogens with two attached hydrogens (primary N) is 2. The fraction of sp³-hybridized carbons (Fsp3) is 0.500. The van der Waals surface area contributed by atoms with E-state index in [4.69, 9.17) is 16.6 Å². The van der Waals surface area contributed by atoms with Crippen LogP contribution in [0.15, 0.2) is 54.7 Å². The number of unbranched alkanes of at least 4 members (excludes halogenated alkanes) is 1. The molecule has 3 aromatic rings. The van der Waals surface area contributed by atoms with Gasteiger partial charge in [-0.25, -0.2) is 4.79 Å². The summed E-state index contributed by atoms with van der Waals surface area (Å²) in [7, 11) is 0. The maximum Gasteiger partial charge on any atom is 0.327 e. The maximum absolute atomic E-state index is 14.3. The van der Waals surface area contributed by atoms with Crippen molar-refractivity contribution >= 4 is 95.4 Å². The summed E-state index contributed by atoms with van der Waals surface area (Å²) in [5.74, 6) is -11.6.